The Kier molecular flexibility index (Phi) is 49.9. The molecule has 1 aliphatic rings. The number of ether oxygens (including phenoxy) is 4. The fraction of sp³-hybridized carbons (Fsp3) is 0.814. The molecule has 506 valence electrons. The minimum atomic E-state index is -1.37. The van der Waals surface area contributed by atoms with Crippen molar-refractivity contribution in [1.29, 1.82) is 0 Å². The first-order chi connectivity index (χ1) is 42.1. The van der Waals surface area contributed by atoms with Crippen LogP contribution in [0.25, 0.3) is 0 Å². The van der Waals surface area contributed by atoms with Crippen LogP contribution in [0.15, 0.2) is 0 Å². The van der Waals surface area contributed by atoms with Gasteiger partial charge in [0.2, 0.25) is 23.6 Å². The smallest absolute Gasteiger partial charge is 0.332 e. The van der Waals surface area contributed by atoms with E-state index in [-0.39, 0.29) is 128 Å². The van der Waals surface area contributed by atoms with E-state index in [1.165, 1.54) is 56.9 Å². The highest BCUT2D eigenvalue weighted by molar-refractivity contribution is 5.87. The van der Waals surface area contributed by atoms with Crippen molar-refractivity contribution in [1.82, 2.24) is 36.9 Å². The van der Waals surface area contributed by atoms with Crippen LogP contribution >= 0.6 is 0 Å². The molecule has 0 bridgehead atoms. The lowest BCUT2D eigenvalue weighted by molar-refractivity contribution is -0.740. The summed E-state index contributed by atoms with van der Waals surface area (Å²) >= 11 is 0. The molecule has 0 aliphatic carbocycles. The van der Waals surface area contributed by atoms with E-state index in [1.54, 1.807) is 14.1 Å². The molecule has 29 nitrogen and oxygen atoms in total. The summed E-state index contributed by atoms with van der Waals surface area (Å²) in [6, 6.07) is -3.32. The van der Waals surface area contributed by atoms with Gasteiger partial charge in [-0.05, 0) is 78.8 Å². The fourth-order valence-corrected chi connectivity index (χ4v) is 9.16. The fourth-order valence-electron chi connectivity index (χ4n) is 9.16. The summed E-state index contributed by atoms with van der Waals surface area (Å²) in [7, 11) is 3.39. The molecule has 1 heterocycles. The molecule has 0 radical (unpaired) electrons. The second-order valence-electron chi connectivity index (χ2n) is 21.8. The lowest BCUT2D eigenvalue weighted by atomic mass is 9.97. The largest absolute Gasteiger partial charge is 0.481 e. The van der Waals surface area contributed by atoms with Crippen LogP contribution in [0, 0.1) is 10.8 Å². The molecule has 11 N–H and O–H groups in total. The number of aliphatic carboxylic acids is 5. The summed E-state index contributed by atoms with van der Waals surface area (Å²) in [6.07, 6.45) is 16.5. The molecular formula is C59H105N8O21+. The number of Topliss-reactive ketones (excluding diaryl/α,β-unsaturated/α-hetero) is 2. The minimum absolute atomic E-state index is 0.0133. The molecule has 0 aromatic rings. The monoisotopic (exact) mass is 1260 g/mol. The third-order valence-electron chi connectivity index (χ3n) is 14.1. The number of hydrogen-bond donors (Lipinski definition) is 11. The van der Waals surface area contributed by atoms with Gasteiger partial charge >= 0.3 is 29.8 Å². The number of nitrogens with zero attached hydrogens (tertiary/aromatic N) is 2. The number of rotatable bonds is 58. The molecule has 1 aliphatic heterocycles. The highest BCUT2D eigenvalue weighted by Gasteiger charge is 2.43. The van der Waals surface area contributed by atoms with E-state index >= 15 is 0 Å². The molecule has 1 saturated heterocycles. The SMILES string of the molecule is CC(=O)COCCOCCNC(=O)CC[C@H](NC(=O)CCCCCCCCCCCCCCCCC(=O)O)C(=O)O.CNCCOCCOCC(=O)C[C@@H](CCC(=O)N[C@@H](CCC(=O)NCCCC[C@H](NC)[N+](=O)N1CCCC1C(=O)O)C(=O)O)C(=O)O. The Labute approximate surface area is 517 Å². The number of carbonyl (C=O) groups excluding carboxylic acids is 6. The predicted octanol–water partition coefficient (Wildman–Crippen LogP) is 3.50. The number of hydrazine groups is 1. The number of nitroso groups, excluding NO2 is 1. The standard InChI is InChI=1S/C30H54N2O9.C29H50N6O12/c1-25(33)24-41-23-22-40-21-20-31-27(34)19-18-26(30(38)39)32-28(35)16-14-12-10-8-6-4-2-3-5-7-9-11-13-15-17-29(36)37;1-30-13-15-46-16-17-47-19-21(36)18-20(27(39)40)8-10-26(38)33-22(28(41)42)9-11-25(37)32-12-4-3-7-24(31-2)35(45)34-14-5-6-23(34)29(43)44/h26H,2-24H2,1H3,(H,31,34)(H,32,35)(H,36,37)(H,38,39);20,22-24,30-31H,3-19H2,1-2H3,(H4-,32,33,37,38,39,40,41,42,43,44)/p+1/t26-;20-,22+,23?,24-/m01/s1. The first-order valence-electron chi connectivity index (χ1n) is 31.2. The molecule has 0 aromatic heterocycles. The molecule has 0 aromatic carbocycles. The summed E-state index contributed by atoms with van der Waals surface area (Å²) in [6.45, 7) is 4.55. The van der Waals surface area contributed by atoms with Crippen molar-refractivity contribution >= 4 is 65.0 Å². The van der Waals surface area contributed by atoms with Gasteiger partial charge in [0.1, 0.15) is 30.2 Å². The highest BCUT2D eigenvalue weighted by atomic mass is 16.5. The average molecular weight is 1260 g/mol. The zero-order valence-electron chi connectivity index (χ0n) is 52.3. The molecular weight excluding hydrogens is 1160 g/mol. The number of ketones is 2. The van der Waals surface area contributed by atoms with Crippen LogP contribution < -0.4 is 31.9 Å². The predicted molar refractivity (Wildman–Crippen MR) is 321 cm³/mol. The lowest BCUT2D eigenvalue weighted by Gasteiger charge is -2.18. The van der Waals surface area contributed by atoms with Gasteiger partial charge < -0.3 is 71.1 Å². The van der Waals surface area contributed by atoms with Crippen LogP contribution in [0.4, 0.5) is 0 Å². The van der Waals surface area contributed by atoms with Crippen LogP contribution in [-0.2, 0) is 71.7 Å². The molecule has 5 atom stereocenters. The average Bonchev–Trinajstić information content (AvgIpc) is 4.20. The summed E-state index contributed by atoms with van der Waals surface area (Å²) in [5, 5.41) is 63.5. The van der Waals surface area contributed by atoms with E-state index in [2.05, 4.69) is 31.9 Å². The minimum Gasteiger partial charge on any atom is -0.481 e. The Morgan fingerprint density at radius 3 is 1.44 bits per heavy atom. The van der Waals surface area contributed by atoms with E-state index in [0.29, 0.717) is 69.7 Å². The lowest BCUT2D eigenvalue weighted by Crippen LogP contribution is -2.50. The van der Waals surface area contributed by atoms with Crippen molar-refractivity contribution < 1.29 is 102 Å². The number of likely N-dealkylation sites (N-methyl/N-ethyl adjacent to an activating group) is 1. The van der Waals surface area contributed by atoms with Gasteiger partial charge in [0, 0.05) is 64.6 Å². The number of carboxylic acid groups (broad SMARTS) is 5. The van der Waals surface area contributed by atoms with Crippen LogP contribution in [0.2, 0.25) is 0 Å². The van der Waals surface area contributed by atoms with E-state index in [9.17, 15) is 78.1 Å². The van der Waals surface area contributed by atoms with E-state index < -0.39 is 77.7 Å². The van der Waals surface area contributed by atoms with Crippen LogP contribution in [-0.4, -0.2) is 218 Å². The molecule has 0 saturated carbocycles. The van der Waals surface area contributed by atoms with Crippen molar-refractivity contribution in [2.45, 2.75) is 211 Å². The van der Waals surface area contributed by atoms with Crippen molar-refractivity contribution in [3.63, 3.8) is 0 Å². The summed E-state index contributed by atoms with van der Waals surface area (Å²) < 4.78 is 20.8. The van der Waals surface area contributed by atoms with Gasteiger partial charge in [0.05, 0.1) is 57.0 Å². The molecule has 1 fully saturated rings. The van der Waals surface area contributed by atoms with Gasteiger partial charge in [-0.3, -0.25) is 43.7 Å². The third kappa shape index (κ3) is 45.9. The Bertz CT molecular complexity index is 2050. The Hall–Kier alpha value is -6.27. The van der Waals surface area contributed by atoms with Crippen molar-refractivity contribution in [3.8, 4) is 0 Å². The van der Waals surface area contributed by atoms with E-state index in [4.69, 9.17) is 24.1 Å². The van der Waals surface area contributed by atoms with Gasteiger partial charge in [-0.25, -0.2) is 14.4 Å². The first-order valence-corrected chi connectivity index (χ1v) is 31.2. The number of hydrogen-bond acceptors (Lipinski definition) is 18. The van der Waals surface area contributed by atoms with Crippen molar-refractivity contribution in [2.24, 2.45) is 5.92 Å². The van der Waals surface area contributed by atoms with Gasteiger partial charge in [0.25, 0.3) is 6.17 Å². The molecule has 4 amide bonds. The molecule has 88 heavy (non-hydrogen) atoms. The maximum absolute atomic E-state index is 12.7. The Morgan fingerprint density at radius 1 is 0.500 bits per heavy atom. The van der Waals surface area contributed by atoms with Gasteiger partial charge in [0.15, 0.2) is 17.6 Å². The maximum atomic E-state index is 12.7. The highest BCUT2D eigenvalue weighted by Crippen LogP contribution is 2.20. The van der Waals surface area contributed by atoms with Gasteiger partial charge in [-0.15, -0.1) is 5.01 Å². The number of carbonyl (C=O) groups is 11. The Balaban J connectivity index is 0.00000174. The maximum Gasteiger partial charge on any atom is 0.332 e. The number of nitrogens with one attached hydrogen (secondary N) is 6. The van der Waals surface area contributed by atoms with E-state index in [0.717, 1.165) is 38.5 Å². The number of carboxylic acids is 5. The molecule has 1 unspecified atom stereocenters. The number of unbranched alkanes of at least 4 members (excludes halogenated alkanes) is 14. The topological polar surface area (TPSA) is 421 Å². The zero-order chi connectivity index (χ0) is 65.7. The first kappa shape index (κ1) is 81.7. The van der Waals surface area contributed by atoms with Crippen LogP contribution in [0.1, 0.15) is 187 Å². The van der Waals surface area contributed by atoms with Crippen LogP contribution in [0.5, 0.6) is 0 Å². The summed E-state index contributed by atoms with van der Waals surface area (Å²) in [5.41, 5.74) is 0. The molecule has 0 spiro atoms. The number of amides is 4. The van der Waals surface area contributed by atoms with Crippen molar-refractivity contribution in [2.75, 3.05) is 93.1 Å². The summed E-state index contributed by atoms with van der Waals surface area (Å²) in [4.78, 5) is 142. The normalized spacial score (nSPS) is 14.1. The second-order valence-corrected chi connectivity index (χ2v) is 21.8. The summed E-state index contributed by atoms with van der Waals surface area (Å²) in [5.74, 6) is -8.96. The molecule has 1 rings (SSSR count). The van der Waals surface area contributed by atoms with Crippen molar-refractivity contribution in [3.05, 3.63) is 4.91 Å². The van der Waals surface area contributed by atoms with Crippen LogP contribution in [0.3, 0.4) is 0 Å². The van der Waals surface area contributed by atoms with E-state index in [1.807, 2.05) is 0 Å². The Morgan fingerprint density at radius 2 is 0.966 bits per heavy atom. The molecule has 29 heteroatoms. The second kappa shape index (κ2) is 53.7. The zero-order valence-corrected chi connectivity index (χ0v) is 52.3. The quantitative estimate of drug-likeness (QED) is 0.0236. The van der Waals surface area contributed by atoms with Gasteiger partial charge in [-0.2, -0.15) is 0 Å². The third-order valence-corrected chi connectivity index (χ3v) is 14.1. The van der Waals surface area contributed by atoms with Gasteiger partial charge in [-0.1, -0.05) is 77.0 Å².